The first-order valence-corrected chi connectivity index (χ1v) is 10.8. The molecule has 0 unspecified atom stereocenters. The predicted octanol–water partition coefficient (Wildman–Crippen LogP) is 4.11. The smallest absolute Gasteiger partial charge is 0.409 e. The monoisotopic (exact) mass is 442 g/mol. The number of anilines is 1. The zero-order valence-electron chi connectivity index (χ0n) is 20.1. The summed E-state index contributed by atoms with van der Waals surface area (Å²) in [6.45, 7) is 11.8. The second-order valence-corrected chi connectivity index (χ2v) is 9.72. The molecule has 1 N–H and O–H groups in total. The molecule has 0 saturated carbocycles. The lowest BCUT2D eigenvalue weighted by Crippen LogP contribution is -2.42. The van der Waals surface area contributed by atoms with Crippen LogP contribution in [0, 0.1) is 5.41 Å². The molecule has 0 spiro atoms. The SMILES string of the molecule is CN(C(=O)OCCCCc1nnc(-c2ccc(NC(=O)C(C)(C)C)cc2)nn1)C(C)(C)C. The van der Waals surface area contributed by atoms with Crippen molar-refractivity contribution in [1.29, 1.82) is 0 Å². The van der Waals surface area contributed by atoms with E-state index in [1.165, 1.54) is 0 Å². The highest BCUT2D eigenvalue weighted by Gasteiger charge is 2.23. The van der Waals surface area contributed by atoms with E-state index in [2.05, 4.69) is 25.7 Å². The van der Waals surface area contributed by atoms with Crippen LogP contribution >= 0.6 is 0 Å². The first-order chi connectivity index (χ1) is 14.9. The van der Waals surface area contributed by atoms with E-state index in [0.29, 0.717) is 36.8 Å². The van der Waals surface area contributed by atoms with Gasteiger partial charge in [-0.1, -0.05) is 20.8 Å². The lowest BCUT2D eigenvalue weighted by Gasteiger charge is -2.30. The standard InChI is InChI=1S/C23H34N6O3/c1-22(2,3)20(30)24-17-13-11-16(12-14-17)19-27-25-18(26-28-19)10-8-9-15-32-21(31)29(7)23(4,5)6/h11-14H,8-10,15H2,1-7H3,(H,24,30). The first-order valence-electron chi connectivity index (χ1n) is 10.8. The van der Waals surface area contributed by atoms with Crippen molar-refractivity contribution in [2.24, 2.45) is 5.41 Å². The summed E-state index contributed by atoms with van der Waals surface area (Å²) in [4.78, 5) is 25.6. The summed E-state index contributed by atoms with van der Waals surface area (Å²) in [5.41, 5.74) is 0.737. The fourth-order valence-corrected chi connectivity index (χ4v) is 2.40. The molecule has 0 aliphatic carbocycles. The van der Waals surface area contributed by atoms with Gasteiger partial charge in [0.1, 0.15) is 0 Å². The van der Waals surface area contributed by atoms with Crippen LogP contribution in [0.1, 0.15) is 60.2 Å². The van der Waals surface area contributed by atoms with Gasteiger partial charge in [-0.15, -0.1) is 20.4 Å². The minimum absolute atomic E-state index is 0.0508. The van der Waals surface area contributed by atoms with Gasteiger partial charge in [-0.3, -0.25) is 4.79 Å². The molecule has 0 bridgehead atoms. The number of aromatic nitrogens is 4. The first kappa shape index (κ1) is 25.2. The summed E-state index contributed by atoms with van der Waals surface area (Å²) < 4.78 is 5.29. The number of hydrogen-bond acceptors (Lipinski definition) is 7. The number of rotatable bonds is 7. The van der Waals surface area contributed by atoms with Gasteiger partial charge in [0.05, 0.1) is 6.61 Å². The van der Waals surface area contributed by atoms with Crippen molar-refractivity contribution in [3.05, 3.63) is 30.1 Å². The van der Waals surface area contributed by atoms with Crippen molar-refractivity contribution in [3.63, 3.8) is 0 Å². The number of aryl methyl sites for hydroxylation is 1. The van der Waals surface area contributed by atoms with Gasteiger partial charge < -0.3 is 15.0 Å². The Morgan fingerprint density at radius 3 is 2.06 bits per heavy atom. The van der Waals surface area contributed by atoms with Crippen LogP contribution in [-0.4, -0.2) is 56.5 Å². The zero-order chi connectivity index (χ0) is 23.9. The lowest BCUT2D eigenvalue weighted by atomic mass is 9.95. The van der Waals surface area contributed by atoms with Crippen LogP contribution in [-0.2, 0) is 16.0 Å². The predicted molar refractivity (Wildman–Crippen MR) is 123 cm³/mol. The molecule has 0 saturated heterocycles. The fraction of sp³-hybridized carbons (Fsp3) is 0.565. The molecule has 0 radical (unpaired) electrons. The molecule has 9 nitrogen and oxygen atoms in total. The van der Waals surface area contributed by atoms with Gasteiger partial charge in [0.25, 0.3) is 0 Å². The molecule has 2 rings (SSSR count). The summed E-state index contributed by atoms with van der Waals surface area (Å²) >= 11 is 0. The van der Waals surface area contributed by atoms with E-state index in [1.54, 1.807) is 24.1 Å². The summed E-state index contributed by atoms with van der Waals surface area (Å²) in [6.07, 6.45) is 1.74. The molecule has 1 aromatic heterocycles. The van der Waals surface area contributed by atoms with E-state index in [0.717, 1.165) is 12.0 Å². The van der Waals surface area contributed by atoms with E-state index >= 15 is 0 Å². The molecule has 2 aromatic rings. The van der Waals surface area contributed by atoms with Gasteiger partial charge >= 0.3 is 6.09 Å². The number of hydrogen-bond donors (Lipinski definition) is 1. The van der Waals surface area contributed by atoms with Gasteiger partial charge in [0, 0.05) is 35.7 Å². The van der Waals surface area contributed by atoms with Crippen LogP contribution in [0.15, 0.2) is 24.3 Å². The van der Waals surface area contributed by atoms with E-state index in [1.807, 2.05) is 53.7 Å². The molecule has 0 atom stereocenters. The Hall–Kier alpha value is -3.10. The van der Waals surface area contributed by atoms with Crippen molar-refractivity contribution >= 4 is 17.7 Å². The van der Waals surface area contributed by atoms with Gasteiger partial charge in [0.2, 0.25) is 11.7 Å². The van der Waals surface area contributed by atoms with Gasteiger partial charge in [-0.25, -0.2) is 4.79 Å². The Morgan fingerprint density at radius 2 is 1.53 bits per heavy atom. The van der Waals surface area contributed by atoms with Gasteiger partial charge in [-0.05, 0) is 57.9 Å². The Balaban J connectivity index is 1.80. The molecule has 1 heterocycles. The van der Waals surface area contributed by atoms with Crippen LogP contribution in [0.4, 0.5) is 10.5 Å². The third kappa shape index (κ3) is 7.55. The van der Waals surface area contributed by atoms with E-state index in [-0.39, 0.29) is 17.5 Å². The van der Waals surface area contributed by atoms with Crippen LogP contribution in [0.2, 0.25) is 0 Å². The summed E-state index contributed by atoms with van der Waals surface area (Å²) in [6, 6.07) is 7.24. The fourth-order valence-electron chi connectivity index (χ4n) is 2.40. The average molecular weight is 443 g/mol. The maximum atomic E-state index is 12.1. The third-order valence-corrected chi connectivity index (χ3v) is 4.90. The Kier molecular flexibility index (Phi) is 8.24. The highest BCUT2D eigenvalue weighted by atomic mass is 16.6. The van der Waals surface area contributed by atoms with Crippen molar-refractivity contribution in [2.45, 2.75) is 66.3 Å². The molecule has 1 aromatic carbocycles. The molecule has 0 aliphatic heterocycles. The minimum atomic E-state index is -0.462. The third-order valence-electron chi connectivity index (χ3n) is 4.90. The van der Waals surface area contributed by atoms with Gasteiger partial charge in [0.15, 0.2) is 5.82 Å². The summed E-state index contributed by atoms with van der Waals surface area (Å²) in [7, 11) is 1.73. The second kappa shape index (κ2) is 10.5. The number of amides is 2. The Bertz CT molecular complexity index is 899. The van der Waals surface area contributed by atoms with Crippen molar-refractivity contribution in [3.8, 4) is 11.4 Å². The molecular formula is C23H34N6O3. The second-order valence-electron chi connectivity index (χ2n) is 9.72. The normalized spacial score (nSPS) is 11.7. The topological polar surface area (TPSA) is 110 Å². The van der Waals surface area contributed by atoms with Crippen LogP contribution in [0.3, 0.4) is 0 Å². The molecule has 32 heavy (non-hydrogen) atoms. The largest absolute Gasteiger partial charge is 0.449 e. The van der Waals surface area contributed by atoms with Crippen LogP contribution < -0.4 is 5.32 Å². The summed E-state index contributed by atoms with van der Waals surface area (Å²) in [5.74, 6) is 0.910. The Morgan fingerprint density at radius 1 is 0.938 bits per heavy atom. The number of carbonyl (C=O) groups is 2. The zero-order valence-corrected chi connectivity index (χ0v) is 20.1. The van der Waals surface area contributed by atoms with E-state index < -0.39 is 5.41 Å². The quantitative estimate of drug-likeness (QED) is 0.643. The highest BCUT2D eigenvalue weighted by molar-refractivity contribution is 5.94. The minimum Gasteiger partial charge on any atom is -0.449 e. The average Bonchev–Trinajstić information content (AvgIpc) is 2.72. The number of benzene rings is 1. The molecular weight excluding hydrogens is 408 g/mol. The molecule has 0 fully saturated rings. The maximum Gasteiger partial charge on any atom is 0.409 e. The van der Waals surface area contributed by atoms with Crippen molar-refractivity contribution in [1.82, 2.24) is 25.3 Å². The lowest BCUT2D eigenvalue weighted by molar-refractivity contribution is -0.123. The molecule has 2 amide bonds. The van der Waals surface area contributed by atoms with E-state index in [9.17, 15) is 9.59 Å². The Labute approximate surface area is 190 Å². The molecule has 174 valence electrons. The molecule has 9 heteroatoms. The number of carbonyl (C=O) groups excluding carboxylic acids is 2. The number of ether oxygens (including phenoxy) is 1. The number of nitrogens with zero attached hydrogens (tertiary/aromatic N) is 5. The van der Waals surface area contributed by atoms with Crippen molar-refractivity contribution in [2.75, 3.05) is 19.0 Å². The van der Waals surface area contributed by atoms with Crippen LogP contribution in [0.25, 0.3) is 11.4 Å². The van der Waals surface area contributed by atoms with Crippen LogP contribution in [0.5, 0.6) is 0 Å². The van der Waals surface area contributed by atoms with Gasteiger partial charge in [-0.2, -0.15) is 0 Å². The van der Waals surface area contributed by atoms with Crippen molar-refractivity contribution < 1.29 is 14.3 Å². The van der Waals surface area contributed by atoms with E-state index in [4.69, 9.17) is 4.74 Å². The molecule has 0 aliphatic rings. The number of nitrogens with one attached hydrogen (secondary N) is 1. The maximum absolute atomic E-state index is 12.1. The number of unbranched alkanes of at least 4 members (excludes halogenated alkanes) is 1. The highest BCUT2D eigenvalue weighted by Crippen LogP contribution is 2.20. The summed E-state index contributed by atoms with van der Waals surface area (Å²) in [5, 5.41) is 19.5.